The molecule has 0 aliphatic rings. The number of aromatic nitrogens is 3. The molecule has 0 bridgehead atoms. The van der Waals surface area contributed by atoms with Crippen LogP contribution < -0.4 is 4.74 Å². The van der Waals surface area contributed by atoms with Crippen LogP contribution in [0, 0.1) is 10.1 Å². The molecule has 2 aromatic carbocycles. The van der Waals surface area contributed by atoms with E-state index in [0.717, 1.165) is 5.56 Å². The van der Waals surface area contributed by atoms with Gasteiger partial charge in [0, 0.05) is 12.1 Å². The van der Waals surface area contributed by atoms with E-state index in [1.165, 1.54) is 18.2 Å². The van der Waals surface area contributed by atoms with Crippen LogP contribution >= 0.6 is 0 Å². The van der Waals surface area contributed by atoms with Crippen LogP contribution in [0.25, 0.3) is 11.3 Å². The average Bonchev–Trinajstić information content (AvgIpc) is 3.18. The Labute approximate surface area is 173 Å². The molecule has 9 nitrogen and oxygen atoms in total. The van der Waals surface area contributed by atoms with Crippen LogP contribution in [-0.2, 0) is 10.2 Å². The monoisotopic (exact) mass is 410 g/mol. The fourth-order valence-corrected chi connectivity index (χ4v) is 2.82. The van der Waals surface area contributed by atoms with Gasteiger partial charge in [0.25, 0.3) is 5.69 Å². The number of aromatic amines is 1. The van der Waals surface area contributed by atoms with Gasteiger partial charge in [0.1, 0.15) is 17.2 Å². The number of hydrogen-bond donors (Lipinski definition) is 1. The molecule has 156 valence electrons. The van der Waals surface area contributed by atoms with Crippen LogP contribution in [0.4, 0.5) is 5.69 Å². The molecule has 3 rings (SSSR count). The Balaban J connectivity index is 2.03. The highest BCUT2D eigenvalue weighted by atomic mass is 16.6. The first-order valence-electron chi connectivity index (χ1n) is 9.35. The fourth-order valence-electron chi connectivity index (χ4n) is 2.82. The number of non-ortho nitro benzene ring substituents is 1. The van der Waals surface area contributed by atoms with Gasteiger partial charge in [-0.25, -0.2) is 4.79 Å². The Morgan fingerprint density at radius 1 is 1.13 bits per heavy atom. The van der Waals surface area contributed by atoms with Crippen LogP contribution in [0.1, 0.15) is 43.7 Å². The van der Waals surface area contributed by atoms with Crippen LogP contribution in [-0.4, -0.2) is 32.9 Å². The first-order valence-corrected chi connectivity index (χ1v) is 9.35. The van der Waals surface area contributed by atoms with Crippen molar-refractivity contribution in [3.8, 4) is 22.8 Å². The van der Waals surface area contributed by atoms with Gasteiger partial charge in [-0.3, -0.25) is 10.1 Å². The van der Waals surface area contributed by atoms with Gasteiger partial charge in [0.05, 0.1) is 17.1 Å². The summed E-state index contributed by atoms with van der Waals surface area (Å²) in [4.78, 5) is 22.9. The standard InChI is InChI=1S/C21H22N4O5/c1-5-29-20(26)19-18(22-24-23-19)16-12-14(25(27)28)8-11-17(16)30-15-9-6-13(7-10-15)21(2,3)4/h6-12H,5H2,1-4H3,(H,22,23,24). The number of carbonyl (C=O) groups excluding carboxylic acids is 1. The summed E-state index contributed by atoms with van der Waals surface area (Å²) in [5.41, 5.74) is 1.24. The van der Waals surface area contributed by atoms with E-state index in [1.807, 2.05) is 24.3 Å². The number of ether oxygens (including phenoxy) is 2. The van der Waals surface area contributed by atoms with E-state index in [1.54, 1.807) is 6.92 Å². The van der Waals surface area contributed by atoms with E-state index in [0.29, 0.717) is 11.5 Å². The highest BCUT2D eigenvalue weighted by Gasteiger charge is 2.24. The molecule has 3 aromatic rings. The zero-order valence-corrected chi connectivity index (χ0v) is 17.1. The highest BCUT2D eigenvalue weighted by molar-refractivity contribution is 5.95. The Morgan fingerprint density at radius 3 is 2.43 bits per heavy atom. The zero-order chi connectivity index (χ0) is 21.9. The van der Waals surface area contributed by atoms with Crippen molar-refractivity contribution < 1.29 is 19.2 Å². The molecule has 0 saturated heterocycles. The quantitative estimate of drug-likeness (QED) is 0.357. The first-order chi connectivity index (χ1) is 14.2. The third-order valence-corrected chi connectivity index (χ3v) is 4.39. The minimum atomic E-state index is -0.687. The van der Waals surface area contributed by atoms with Crippen LogP contribution in [0.5, 0.6) is 11.5 Å². The average molecular weight is 410 g/mol. The summed E-state index contributed by atoms with van der Waals surface area (Å²) in [7, 11) is 0. The predicted octanol–water partition coefficient (Wildman–Crippen LogP) is 4.65. The molecular formula is C21H22N4O5. The summed E-state index contributed by atoms with van der Waals surface area (Å²) in [6.07, 6.45) is 0. The van der Waals surface area contributed by atoms with E-state index < -0.39 is 10.9 Å². The molecular weight excluding hydrogens is 388 g/mol. The number of nitrogens with one attached hydrogen (secondary N) is 1. The van der Waals surface area contributed by atoms with Gasteiger partial charge >= 0.3 is 5.97 Å². The third-order valence-electron chi connectivity index (χ3n) is 4.39. The van der Waals surface area contributed by atoms with Crippen LogP contribution in [0.15, 0.2) is 42.5 Å². The number of benzene rings is 2. The number of H-pyrrole nitrogens is 1. The number of hydrogen-bond acceptors (Lipinski definition) is 7. The van der Waals surface area contributed by atoms with Gasteiger partial charge in [-0.2, -0.15) is 10.3 Å². The molecule has 0 spiro atoms. The summed E-state index contributed by atoms with van der Waals surface area (Å²) < 4.78 is 11.0. The van der Waals surface area contributed by atoms with Crippen molar-refractivity contribution in [1.29, 1.82) is 0 Å². The molecule has 0 aliphatic heterocycles. The van der Waals surface area contributed by atoms with Crippen molar-refractivity contribution in [1.82, 2.24) is 15.4 Å². The van der Waals surface area contributed by atoms with E-state index in [4.69, 9.17) is 9.47 Å². The van der Waals surface area contributed by atoms with E-state index >= 15 is 0 Å². The molecule has 0 amide bonds. The SMILES string of the molecule is CCOC(=O)c1n[nH]nc1-c1cc([N+](=O)[O-])ccc1Oc1ccc(C(C)(C)C)cc1. The lowest BCUT2D eigenvalue weighted by Gasteiger charge is -2.19. The van der Waals surface area contributed by atoms with Crippen molar-refractivity contribution in [2.75, 3.05) is 6.61 Å². The minimum absolute atomic E-state index is 0.00764. The lowest BCUT2D eigenvalue weighted by molar-refractivity contribution is -0.384. The second kappa shape index (κ2) is 8.32. The van der Waals surface area contributed by atoms with Crippen LogP contribution in [0.2, 0.25) is 0 Å². The summed E-state index contributed by atoms with van der Waals surface area (Å²) in [5, 5.41) is 21.5. The van der Waals surface area contributed by atoms with E-state index in [9.17, 15) is 14.9 Å². The molecule has 30 heavy (non-hydrogen) atoms. The smallest absolute Gasteiger partial charge is 0.361 e. The van der Waals surface area contributed by atoms with Crippen molar-refractivity contribution in [2.45, 2.75) is 33.1 Å². The molecule has 0 radical (unpaired) electrons. The lowest BCUT2D eigenvalue weighted by atomic mass is 9.87. The number of nitro benzene ring substituents is 1. The van der Waals surface area contributed by atoms with Crippen LogP contribution in [0.3, 0.4) is 0 Å². The molecule has 0 fully saturated rings. The Morgan fingerprint density at radius 2 is 1.83 bits per heavy atom. The Hall–Kier alpha value is -3.75. The van der Waals surface area contributed by atoms with E-state index in [2.05, 4.69) is 36.2 Å². The fraction of sp³-hybridized carbons (Fsp3) is 0.286. The van der Waals surface area contributed by atoms with Crippen molar-refractivity contribution >= 4 is 11.7 Å². The summed E-state index contributed by atoms with van der Waals surface area (Å²) in [5.74, 6) is 0.149. The van der Waals surface area contributed by atoms with E-state index in [-0.39, 0.29) is 34.7 Å². The highest BCUT2D eigenvalue weighted by Crippen LogP contribution is 2.37. The second-order valence-electron chi connectivity index (χ2n) is 7.56. The van der Waals surface area contributed by atoms with Crippen molar-refractivity contribution in [3.05, 3.63) is 63.8 Å². The number of nitro groups is 1. The van der Waals surface area contributed by atoms with Gasteiger partial charge < -0.3 is 9.47 Å². The minimum Gasteiger partial charge on any atom is -0.461 e. The van der Waals surface area contributed by atoms with Gasteiger partial charge in [0.2, 0.25) is 0 Å². The zero-order valence-electron chi connectivity index (χ0n) is 17.1. The third kappa shape index (κ3) is 4.45. The second-order valence-corrected chi connectivity index (χ2v) is 7.56. The van der Waals surface area contributed by atoms with Gasteiger partial charge in [0.15, 0.2) is 5.69 Å². The first kappa shape index (κ1) is 21.0. The largest absolute Gasteiger partial charge is 0.461 e. The molecule has 1 aromatic heterocycles. The predicted molar refractivity (Wildman–Crippen MR) is 110 cm³/mol. The lowest BCUT2D eigenvalue weighted by Crippen LogP contribution is -2.10. The molecule has 0 aliphatic carbocycles. The molecule has 0 atom stereocenters. The molecule has 1 N–H and O–H groups in total. The molecule has 9 heteroatoms. The number of nitrogens with zero attached hydrogens (tertiary/aromatic N) is 3. The topological polar surface area (TPSA) is 120 Å². The Kier molecular flexibility index (Phi) is 5.81. The Bertz CT molecular complexity index is 1070. The van der Waals surface area contributed by atoms with Gasteiger partial charge in [-0.1, -0.05) is 32.9 Å². The summed E-state index contributed by atoms with van der Waals surface area (Å²) in [6.45, 7) is 8.15. The molecule has 0 saturated carbocycles. The normalized spacial score (nSPS) is 11.2. The van der Waals surface area contributed by atoms with Crippen molar-refractivity contribution in [2.24, 2.45) is 0 Å². The van der Waals surface area contributed by atoms with Crippen molar-refractivity contribution in [3.63, 3.8) is 0 Å². The molecule has 0 unspecified atom stereocenters. The number of rotatable bonds is 6. The number of esters is 1. The maximum atomic E-state index is 12.2. The van der Waals surface area contributed by atoms with Gasteiger partial charge in [-0.05, 0) is 36.1 Å². The summed E-state index contributed by atoms with van der Waals surface area (Å²) in [6, 6.07) is 11.6. The number of carbonyl (C=O) groups is 1. The van der Waals surface area contributed by atoms with Gasteiger partial charge in [-0.15, -0.1) is 5.10 Å². The molecule has 1 heterocycles. The summed E-state index contributed by atoms with van der Waals surface area (Å²) >= 11 is 0. The maximum Gasteiger partial charge on any atom is 0.361 e. The maximum absolute atomic E-state index is 12.2.